The third-order valence-corrected chi connectivity index (χ3v) is 19.4. The topological polar surface area (TPSA) is 81.5 Å². The number of pyridine rings is 1. The van der Waals surface area contributed by atoms with E-state index in [4.69, 9.17) is 123 Å². The number of ether oxygens (including phenoxy) is 2. The predicted molar refractivity (Wildman–Crippen MR) is 224 cm³/mol. The van der Waals surface area contributed by atoms with Crippen molar-refractivity contribution in [1.82, 2.24) is 24.8 Å². The van der Waals surface area contributed by atoms with E-state index in [0.717, 1.165) is 49.8 Å². The normalized spacial score (nSPS) is 20.5. The molecule has 1 amide bonds. The van der Waals surface area contributed by atoms with E-state index in [9.17, 15) is 4.79 Å². The van der Waals surface area contributed by atoms with E-state index in [2.05, 4.69) is 32.0 Å². The van der Waals surface area contributed by atoms with Crippen molar-refractivity contribution in [2.45, 2.75) is 51.0 Å². The number of rotatable bonds is 8. The van der Waals surface area contributed by atoms with Crippen LogP contribution in [0, 0.1) is 23.5 Å². The molecule has 270 valence electrons. The Bertz CT molecular complexity index is 1750. The number of aromatic nitrogens is 3. The lowest BCUT2D eigenvalue weighted by molar-refractivity contribution is 0.147. The number of hydrogen-bond acceptors (Lipinski definition) is 16. The van der Waals surface area contributed by atoms with Crippen molar-refractivity contribution in [3.8, 4) is 23.3 Å². The van der Waals surface area contributed by atoms with Gasteiger partial charge in [-0.2, -0.15) is 114 Å². The molecule has 1 aliphatic heterocycles. The molecule has 0 unspecified atom stereocenters. The fraction of sp³-hybridized carbons (Fsp3) is 0.433. The van der Waals surface area contributed by atoms with Crippen LogP contribution in [0.25, 0.3) is 5.69 Å². The smallest absolute Gasteiger partial charge is 0.408 e. The van der Waals surface area contributed by atoms with Gasteiger partial charge >= 0.3 is 6.09 Å². The van der Waals surface area contributed by atoms with Crippen LogP contribution in [0.2, 0.25) is 0 Å². The van der Waals surface area contributed by atoms with Crippen molar-refractivity contribution < 1.29 is 23.0 Å². The Morgan fingerprint density at radius 1 is 1.00 bits per heavy atom. The van der Waals surface area contributed by atoms with Crippen molar-refractivity contribution in [2.24, 2.45) is 0 Å². The first-order chi connectivity index (χ1) is 23.3. The lowest BCUT2D eigenvalue weighted by Crippen LogP contribution is -2.49. The summed E-state index contributed by atoms with van der Waals surface area (Å²) in [6.45, 7) is 1.25. The van der Waals surface area contributed by atoms with Gasteiger partial charge in [-0.1, -0.05) is 23.6 Å². The van der Waals surface area contributed by atoms with Crippen LogP contribution in [0.3, 0.4) is 0 Å². The summed E-state index contributed by atoms with van der Waals surface area (Å²) in [6.07, 6.45) is 5.75. The summed E-state index contributed by atoms with van der Waals surface area (Å²) in [6, 6.07) is 5.58. The van der Waals surface area contributed by atoms with E-state index < -0.39 is 43.7 Å². The summed E-state index contributed by atoms with van der Waals surface area (Å²) < 4.78 is 35.7. The lowest BCUT2D eigenvalue weighted by Gasteiger charge is -2.43. The van der Waals surface area contributed by atoms with Crippen LogP contribution in [0.4, 0.5) is 13.6 Å². The van der Waals surface area contributed by atoms with Crippen LogP contribution < -0.4 is 10.1 Å². The van der Waals surface area contributed by atoms with E-state index in [1.54, 1.807) is 29.1 Å². The highest BCUT2D eigenvalue weighted by atomic mass is 32.2. The molecule has 8 nitrogen and oxygen atoms in total. The number of thioether (sulfide) groups is 1. The van der Waals surface area contributed by atoms with E-state index in [1.807, 2.05) is 7.05 Å². The van der Waals surface area contributed by atoms with Crippen molar-refractivity contribution in [1.29, 1.82) is 0 Å². The number of likely N-dealkylation sites (tertiary alicyclic amines) is 1. The Balaban J connectivity index is 1.32. The summed E-state index contributed by atoms with van der Waals surface area (Å²) in [5.74, 6) is 2.91. The summed E-state index contributed by atoms with van der Waals surface area (Å²) in [7, 11) is 2.02. The molecule has 5 rings (SSSR count). The summed E-state index contributed by atoms with van der Waals surface area (Å²) in [5, 5.41) is 3.17. The van der Waals surface area contributed by atoms with Gasteiger partial charge in [0.2, 0.25) is 0 Å². The number of nitrogens with one attached hydrogen (secondary N) is 1. The van der Waals surface area contributed by atoms with Gasteiger partial charge in [-0.3, -0.25) is 9.55 Å². The second-order valence-corrected chi connectivity index (χ2v) is 20.6. The molecule has 2 fully saturated rings. The summed E-state index contributed by atoms with van der Waals surface area (Å²) in [4.78, 5) is 23.1. The van der Waals surface area contributed by atoms with Crippen LogP contribution in [-0.4, -0.2) is 78.7 Å². The average molecular weight is 870 g/mol. The molecule has 0 bridgehead atoms. The number of carbonyl (C=O) groups is 1. The first-order valence-corrected chi connectivity index (χ1v) is 19.6. The SMILES string of the molecule is CN1CCC(NC(=O)OCC#Cc2c(F)cc(OCc3cnc(SC4(S)C(S)(S)C(S)(S)C(S)(S)C4(S)S)n3-c3cccnc3)cc2F)CC1. The predicted octanol–water partition coefficient (Wildman–Crippen LogP) is 6.25. The van der Waals surface area contributed by atoms with Crippen LogP contribution in [0.1, 0.15) is 24.1 Å². The van der Waals surface area contributed by atoms with Crippen molar-refractivity contribution >= 4 is 132 Å². The highest BCUT2D eigenvalue weighted by Gasteiger charge is 2.81. The maximum atomic E-state index is 15.0. The number of halogens is 2. The molecular formula is C30H33F2N5O3S10. The van der Waals surface area contributed by atoms with Crippen LogP contribution in [0.15, 0.2) is 48.0 Å². The van der Waals surface area contributed by atoms with E-state index in [1.165, 1.54) is 6.20 Å². The number of benzene rings is 1. The van der Waals surface area contributed by atoms with Gasteiger partial charge in [-0.25, -0.2) is 18.6 Å². The van der Waals surface area contributed by atoms with Gasteiger partial charge in [0.25, 0.3) is 0 Å². The Labute approximate surface area is 343 Å². The van der Waals surface area contributed by atoms with Gasteiger partial charge in [-0.05, 0) is 45.1 Å². The fourth-order valence-electron chi connectivity index (χ4n) is 5.28. The second kappa shape index (κ2) is 15.7. The monoisotopic (exact) mass is 869 g/mol. The Morgan fingerprint density at radius 3 is 2.20 bits per heavy atom. The van der Waals surface area contributed by atoms with Gasteiger partial charge in [0.05, 0.1) is 29.3 Å². The quantitative estimate of drug-likeness (QED) is 0.0746. The number of carbonyl (C=O) groups excluding carboxylic acids is 1. The van der Waals surface area contributed by atoms with E-state index >= 15 is 8.78 Å². The first-order valence-electron chi connectivity index (χ1n) is 14.7. The largest absolute Gasteiger partial charge is 0.487 e. The van der Waals surface area contributed by atoms with E-state index in [0.29, 0.717) is 16.5 Å². The summed E-state index contributed by atoms with van der Waals surface area (Å²) >= 11 is 44.2. The molecule has 1 aromatic carbocycles. The number of alkyl carbamates (subject to hydrolysis) is 1. The maximum Gasteiger partial charge on any atom is 0.408 e. The molecule has 0 spiro atoms. The van der Waals surface area contributed by atoms with E-state index in [-0.39, 0.29) is 25.0 Å². The van der Waals surface area contributed by atoms with Crippen LogP contribution >= 0.6 is 125 Å². The minimum atomic E-state index is -1.42. The summed E-state index contributed by atoms with van der Waals surface area (Å²) in [5.41, 5.74) is 0.615. The molecule has 0 atom stereocenters. The zero-order valence-electron chi connectivity index (χ0n) is 26.1. The number of nitrogens with zero attached hydrogens (tertiary/aromatic N) is 4. The van der Waals surface area contributed by atoms with Crippen LogP contribution in [0.5, 0.6) is 5.75 Å². The molecule has 20 heteroatoms. The fourth-order valence-corrected chi connectivity index (χ4v) is 12.1. The number of amides is 1. The minimum Gasteiger partial charge on any atom is -0.487 e. The third-order valence-electron chi connectivity index (χ3n) is 8.28. The Hall–Kier alpha value is -0.470. The van der Waals surface area contributed by atoms with Crippen LogP contribution in [-0.2, 0) is 11.3 Å². The number of hydrogen-bond donors (Lipinski definition) is 10. The molecule has 3 heterocycles. The number of imidazole rings is 1. The van der Waals surface area contributed by atoms with Gasteiger partial charge in [0, 0.05) is 24.4 Å². The number of thiol groups is 9. The molecule has 2 aliphatic rings. The van der Waals surface area contributed by atoms with Gasteiger partial charge in [-0.15, -0.1) is 0 Å². The molecular weight excluding hydrogens is 837 g/mol. The molecule has 2 aromatic heterocycles. The lowest BCUT2D eigenvalue weighted by atomic mass is 10.1. The molecule has 1 N–H and O–H groups in total. The zero-order valence-corrected chi connectivity index (χ0v) is 34.9. The van der Waals surface area contributed by atoms with Gasteiger partial charge in [0.1, 0.15) is 44.4 Å². The van der Waals surface area contributed by atoms with Crippen molar-refractivity contribution in [2.75, 3.05) is 26.7 Å². The Kier molecular flexibility index (Phi) is 12.8. The van der Waals surface area contributed by atoms with Gasteiger partial charge in [0.15, 0.2) is 11.8 Å². The molecule has 1 aliphatic carbocycles. The molecule has 50 heavy (non-hydrogen) atoms. The van der Waals surface area contributed by atoms with Gasteiger partial charge < -0.3 is 19.7 Å². The molecule has 3 aromatic rings. The Morgan fingerprint density at radius 2 is 1.62 bits per heavy atom. The maximum absolute atomic E-state index is 15.0. The second-order valence-electron chi connectivity index (χ2n) is 11.7. The first kappa shape index (κ1) is 40.7. The standard InChI is InChI=1S/C30H33F2N5O3S10/c1-36-9-6-17(7-10-36)35-25(38)39-11-3-5-21-22(31)12-20(13-23(21)32)40-16-19-15-34-24(37(19)18-4-2-8-33-14-18)50-30(49)28(45,46)26(41,42)27(43,44)29(30,47)48/h2,4,8,12-15,17,41-49H,6-7,9-11,16H2,1H3,(H,35,38). The highest BCUT2D eigenvalue weighted by molar-refractivity contribution is 8.21. The molecule has 0 radical (unpaired) electrons. The number of piperidine rings is 1. The minimum absolute atomic E-state index is 0.0123. The van der Waals surface area contributed by atoms with Crippen molar-refractivity contribution in [3.05, 3.63) is 65.7 Å². The third kappa shape index (κ3) is 7.58. The van der Waals surface area contributed by atoms with Crippen molar-refractivity contribution in [3.63, 3.8) is 0 Å². The molecule has 1 saturated heterocycles. The highest BCUT2D eigenvalue weighted by Crippen LogP contribution is 2.78. The molecule has 1 saturated carbocycles. The zero-order chi connectivity index (χ0) is 36.7. The average Bonchev–Trinajstić information content (AvgIpc) is 3.47.